The van der Waals surface area contributed by atoms with Crippen molar-refractivity contribution >= 4 is 87.2 Å². The van der Waals surface area contributed by atoms with Gasteiger partial charge in [0.15, 0.2) is 93.1 Å². The minimum atomic E-state index is -2.61. The van der Waals surface area contributed by atoms with Gasteiger partial charge in [0.05, 0.1) is 45.6 Å². The van der Waals surface area contributed by atoms with Crippen molar-refractivity contribution in [2.75, 3.05) is 0 Å². The van der Waals surface area contributed by atoms with E-state index in [1.807, 2.05) is 0 Å². The Morgan fingerprint density at radius 2 is 0.441 bits per heavy atom. The zero-order valence-electron chi connectivity index (χ0n) is 49.5. The van der Waals surface area contributed by atoms with Crippen LogP contribution in [0.5, 0.6) is 0 Å². The molecule has 0 fully saturated rings. The third-order valence-electron chi connectivity index (χ3n) is 17.6. The quantitative estimate of drug-likeness (QED) is 0.0963. The second-order valence-corrected chi connectivity index (χ2v) is 22.8. The van der Waals surface area contributed by atoms with E-state index in [9.17, 15) is 0 Å². The normalized spacial score (nSPS) is 12.0. The molecule has 30 heteroatoms. The summed E-state index contributed by atoms with van der Waals surface area (Å²) in [5, 5.41) is -4.05. The van der Waals surface area contributed by atoms with Gasteiger partial charge in [0.25, 0.3) is 0 Å². The first-order chi connectivity index (χ1) is 48.9. The summed E-state index contributed by atoms with van der Waals surface area (Å²) >= 11 is 1.06. The molecule has 5 heterocycles. The number of hydrogen-bond donors (Lipinski definition) is 0. The number of benzene rings is 12. The Hall–Kier alpha value is -12.0. The summed E-state index contributed by atoms with van der Waals surface area (Å²) in [5.74, 6) is -53.0. The van der Waals surface area contributed by atoms with E-state index >= 15 is 87.8 Å². The van der Waals surface area contributed by atoms with E-state index < -0.39 is 251 Å². The van der Waals surface area contributed by atoms with Gasteiger partial charge in [-0.25, -0.2) is 97.8 Å². The maximum absolute atomic E-state index is 16.8. The molecule has 102 heavy (non-hydrogen) atoms. The topological polar surface area (TPSA) is 123 Å². The number of fused-ring (bicyclic) bond motifs is 24. The zero-order chi connectivity index (χ0) is 71.8. The van der Waals surface area contributed by atoms with Gasteiger partial charge in [0, 0.05) is 77.9 Å². The summed E-state index contributed by atoms with van der Waals surface area (Å²) in [6, 6.07) is 25.2. The zero-order valence-corrected chi connectivity index (χ0v) is 50.9. The van der Waals surface area contributed by atoms with Gasteiger partial charge in [-0.15, -0.1) is 0 Å². The Kier molecular flexibility index (Phi) is 14.8. The summed E-state index contributed by atoms with van der Waals surface area (Å²) < 4.78 is 329. The molecule has 499 valence electrons. The van der Waals surface area contributed by atoms with Crippen LogP contribution in [0, 0.1) is 116 Å². The summed E-state index contributed by atoms with van der Waals surface area (Å²) in [7, 11) is 0. The molecule has 15 aromatic rings. The molecule has 0 amide bonds. The summed E-state index contributed by atoms with van der Waals surface area (Å²) in [5.41, 5.74) is -15.9. The van der Waals surface area contributed by atoms with Crippen LogP contribution in [0.15, 0.2) is 121 Å². The molecule has 17 rings (SSSR count). The molecule has 2 aliphatic heterocycles. The average Bonchev–Trinajstić information content (AvgIpc) is 1.52. The van der Waals surface area contributed by atoms with Crippen LogP contribution < -0.4 is 9.97 Å². The van der Waals surface area contributed by atoms with E-state index in [1.54, 1.807) is 0 Å². The summed E-state index contributed by atoms with van der Waals surface area (Å²) in [4.78, 5) is 37.2. The molecule has 0 radical (unpaired) electrons. The minimum absolute atomic E-state index is 0.0990. The van der Waals surface area contributed by atoms with Crippen LogP contribution in [0.1, 0.15) is 0 Å². The average molecular weight is 1440 g/mol. The van der Waals surface area contributed by atoms with Crippen LogP contribution in [0.25, 0.3) is 177 Å². The van der Waals surface area contributed by atoms with Crippen LogP contribution >= 0.6 is 0 Å². The predicted octanol–water partition coefficient (Wildman–Crippen LogP) is 20.1. The fourth-order valence-electron chi connectivity index (χ4n) is 13.3. The Bertz CT molecular complexity index is 6100. The van der Waals surface area contributed by atoms with Gasteiger partial charge >= 0.3 is 21.0 Å². The molecule has 0 spiro atoms. The third-order valence-corrected chi connectivity index (χ3v) is 17.6. The van der Waals surface area contributed by atoms with Crippen molar-refractivity contribution in [3.8, 4) is 90.1 Å². The molecular formula is C72H20F20N8OV. The van der Waals surface area contributed by atoms with Crippen LogP contribution in [0.4, 0.5) is 87.8 Å². The fourth-order valence-corrected chi connectivity index (χ4v) is 13.3. The van der Waals surface area contributed by atoms with E-state index in [1.165, 1.54) is 121 Å². The van der Waals surface area contributed by atoms with Gasteiger partial charge in [-0.3, -0.25) is 0 Å². The first-order valence-corrected chi connectivity index (χ1v) is 29.7. The molecule has 0 unspecified atom stereocenters. The summed E-state index contributed by atoms with van der Waals surface area (Å²) in [6.45, 7) is 0. The van der Waals surface area contributed by atoms with Gasteiger partial charge < -0.3 is 29.9 Å². The number of rotatable bonds is 4. The molecule has 0 saturated carbocycles. The molecule has 9 nitrogen and oxygen atoms in total. The molecule has 12 aromatic carbocycles. The Balaban J connectivity index is 0.00000399. The second kappa shape index (κ2) is 23.3. The van der Waals surface area contributed by atoms with Gasteiger partial charge in [0.2, 0.25) is 23.3 Å². The number of nitrogens with zero attached hydrogens (tertiary/aromatic N) is 8. The Morgan fingerprint density at radius 1 is 0.216 bits per heavy atom. The molecule has 2 aliphatic rings. The molecule has 3 aromatic heterocycles. The molecule has 0 N–H and O–H groups in total. The second-order valence-electron chi connectivity index (χ2n) is 22.8. The van der Waals surface area contributed by atoms with Crippen molar-refractivity contribution in [1.29, 1.82) is 0 Å². The van der Waals surface area contributed by atoms with Gasteiger partial charge in [0.1, 0.15) is 0 Å². The molecule has 0 atom stereocenters. The van der Waals surface area contributed by atoms with Crippen LogP contribution in [0.2, 0.25) is 0 Å². The third kappa shape index (κ3) is 9.01. The van der Waals surface area contributed by atoms with Crippen LogP contribution in [0.3, 0.4) is 0 Å². The fraction of sp³-hybridized carbons (Fsp3) is 0. The monoisotopic (exact) mass is 1440 g/mol. The Labute approximate surface area is 561 Å². The molecule has 0 saturated heterocycles. The SMILES string of the molecule is Fc1c(F)c(F)c(-c2c3c(cc4ccccc24)-c2nc-3nc3[n-]c(nc4nc(nc5[n-]c(n2)c2c(-c6c(F)c(F)c(F)c(F)c6F)c6ccccc6cc52)-c2c-4cc4ccccc4c2-c2c(F)c(F)c(F)c(F)c2F)c2c(-c4c(F)c(F)c(F)c(F)c4F)c4ccccc4cc32)c(F)c1F.[O]=[V+2]. The van der Waals surface area contributed by atoms with Crippen molar-refractivity contribution in [2.24, 2.45) is 0 Å². The Morgan fingerprint density at radius 3 is 0.725 bits per heavy atom. The maximum atomic E-state index is 16.8. The van der Waals surface area contributed by atoms with Crippen molar-refractivity contribution in [3.05, 3.63) is 238 Å². The van der Waals surface area contributed by atoms with Crippen LogP contribution in [-0.2, 0) is 21.0 Å². The van der Waals surface area contributed by atoms with Gasteiger partial charge in [-0.05, 0) is 78.1 Å². The van der Waals surface area contributed by atoms with E-state index in [0.29, 0.717) is 0 Å². The number of aromatic nitrogens is 8. The van der Waals surface area contributed by atoms with E-state index in [-0.39, 0.29) is 43.1 Å². The number of halogens is 20. The van der Waals surface area contributed by atoms with E-state index in [4.69, 9.17) is 3.67 Å². The van der Waals surface area contributed by atoms with Crippen molar-refractivity contribution in [2.45, 2.75) is 0 Å². The van der Waals surface area contributed by atoms with Gasteiger partial charge in [-0.2, -0.15) is 0 Å². The standard InChI is InChI=1S/C72H20F20N8.O.V/c73-45-41(46(74)54(82)61(89)53(45)81)33-25-13-5-1-9-21(25)17-29-37(33)69-93-65(29)97-70-38-30(18-22-10-2-6-14-26(22)34(38)42-47(75)55(83)62(90)56(84)48(42)76)67(94-70)99-72-40-32(20-24-12-4-8-16-28(24)36(40)44-51(79)59(87)64(92)60(88)52(44)80)68(96-72)100-71-39-31(66(95-71)98-69)19-23-11-3-7-15-27(23)35(39)43-49(77)57(85)63(91)58(86)50(43)78;;/h1-20H;;/q-2;;+2. The molecule has 8 bridgehead atoms. The van der Waals surface area contributed by atoms with E-state index in [2.05, 4.69) is 39.9 Å². The first-order valence-electron chi connectivity index (χ1n) is 29.2. The van der Waals surface area contributed by atoms with Crippen LogP contribution in [-0.4, -0.2) is 29.9 Å². The van der Waals surface area contributed by atoms with Crippen molar-refractivity contribution in [1.82, 2.24) is 39.9 Å². The van der Waals surface area contributed by atoms with Crippen molar-refractivity contribution < 1.29 is 109 Å². The van der Waals surface area contributed by atoms with Crippen molar-refractivity contribution in [3.63, 3.8) is 0 Å². The predicted molar refractivity (Wildman–Crippen MR) is 326 cm³/mol. The molecule has 0 aliphatic carbocycles. The van der Waals surface area contributed by atoms with Gasteiger partial charge in [-0.1, -0.05) is 97.1 Å². The molecular weight excluding hydrogens is 1420 g/mol. The summed E-state index contributed by atoms with van der Waals surface area (Å²) in [6.07, 6.45) is 0. The number of hydrogen-bond acceptors (Lipinski definition) is 7. The van der Waals surface area contributed by atoms with E-state index in [0.717, 1.165) is 17.4 Å². The first kappa shape index (κ1) is 64.7.